The molecule has 90 valence electrons. The Balaban J connectivity index is 3.32. The van der Waals surface area contributed by atoms with Gasteiger partial charge < -0.3 is 25.2 Å². The Hall–Kier alpha value is -0.690. The predicted octanol–water partition coefficient (Wildman–Crippen LogP) is -1.65. The number of ether oxygens (including phenoxy) is 2. The number of carbonyl (C=O) groups is 1. The van der Waals surface area contributed by atoms with Gasteiger partial charge in [-0.2, -0.15) is 0 Å². The molecule has 0 rings (SSSR count). The predicted molar refractivity (Wildman–Crippen MR) is 55.6 cm³/mol. The van der Waals surface area contributed by atoms with Crippen LogP contribution in [-0.2, 0) is 14.3 Å². The minimum atomic E-state index is -0.655. The first-order chi connectivity index (χ1) is 7.20. The van der Waals surface area contributed by atoms with Crippen LogP contribution in [0.2, 0.25) is 0 Å². The lowest BCUT2D eigenvalue weighted by atomic mass is 10.3. The van der Waals surface area contributed by atoms with Gasteiger partial charge in [-0.25, -0.2) is 0 Å². The van der Waals surface area contributed by atoms with Gasteiger partial charge in [-0.1, -0.05) is 0 Å². The molecule has 0 aromatic rings. The summed E-state index contributed by atoms with van der Waals surface area (Å²) in [5.74, 6) is -0.152. The molecular formula is C9H20N2O4. The van der Waals surface area contributed by atoms with Crippen molar-refractivity contribution in [1.29, 1.82) is 0 Å². The lowest BCUT2D eigenvalue weighted by Crippen LogP contribution is -2.40. The van der Waals surface area contributed by atoms with Gasteiger partial charge >= 0.3 is 0 Å². The monoisotopic (exact) mass is 220 g/mol. The topological polar surface area (TPSA) is 79.8 Å². The first kappa shape index (κ1) is 14.3. The lowest BCUT2D eigenvalue weighted by molar-refractivity contribution is -0.120. The molecule has 1 atom stereocenters. The summed E-state index contributed by atoms with van der Waals surface area (Å²) < 4.78 is 9.52. The highest BCUT2D eigenvalue weighted by atomic mass is 16.5. The molecule has 0 aliphatic carbocycles. The summed E-state index contributed by atoms with van der Waals surface area (Å²) in [5.41, 5.74) is 0. The van der Waals surface area contributed by atoms with Gasteiger partial charge in [0.25, 0.3) is 0 Å². The van der Waals surface area contributed by atoms with Crippen LogP contribution in [0.15, 0.2) is 0 Å². The van der Waals surface area contributed by atoms with Crippen LogP contribution in [0.3, 0.4) is 0 Å². The molecule has 0 radical (unpaired) electrons. The van der Waals surface area contributed by atoms with Crippen molar-refractivity contribution in [2.75, 3.05) is 47.1 Å². The molecule has 0 aliphatic rings. The normalized spacial score (nSPS) is 12.5. The lowest BCUT2D eigenvalue weighted by Gasteiger charge is -2.10. The summed E-state index contributed by atoms with van der Waals surface area (Å²) in [7, 11) is 3.10. The van der Waals surface area contributed by atoms with E-state index in [0.29, 0.717) is 13.2 Å². The van der Waals surface area contributed by atoms with E-state index in [1.807, 2.05) is 0 Å². The number of rotatable bonds is 9. The average Bonchev–Trinajstić information content (AvgIpc) is 2.22. The van der Waals surface area contributed by atoms with E-state index in [0.717, 1.165) is 0 Å². The number of aliphatic hydroxyl groups is 1. The molecule has 6 nitrogen and oxygen atoms in total. The Labute approximate surface area is 89.9 Å². The van der Waals surface area contributed by atoms with Crippen molar-refractivity contribution in [3.8, 4) is 0 Å². The number of carbonyl (C=O) groups excluding carboxylic acids is 1. The quantitative estimate of drug-likeness (QED) is 0.406. The first-order valence-electron chi connectivity index (χ1n) is 4.84. The second-order valence-corrected chi connectivity index (χ2v) is 3.08. The van der Waals surface area contributed by atoms with Gasteiger partial charge in [-0.15, -0.1) is 0 Å². The Morgan fingerprint density at radius 3 is 2.73 bits per heavy atom. The first-order valence-corrected chi connectivity index (χ1v) is 4.84. The SMILES string of the molecule is COCCNCC(=O)NCC(O)COC. The third-order valence-corrected chi connectivity index (χ3v) is 1.66. The fraction of sp³-hybridized carbons (Fsp3) is 0.889. The number of hydrogen-bond acceptors (Lipinski definition) is 5. The van der Waals surface area contributed by atoms with Gasteiger partial charge in [0.05, 0.1) is 25.9 Å². The zero-order valence-electron chi connectivity index (χ0n) is 9.28. The molecule has 0 heterocycles. The summed E-state index contributed by atoms with van der Waals surface area (Å²) in [6, 6.07) is 0. The molecule has 6 heteroatoms. The summed E-state index contributed by atoms with van der Waals surface area (Å²) in [6.07, 6.45) is -0.655. The van der Waals surface area contributed by atoms with Gasteiger partial charge in [0.2, 0.25) is 5.91 Å². The van der Waals surface area contributed by atoms with E-state index in [-0.39, 0.29) is 25.6 Å². The van der Waals surface area contributed by atoms with Crippen molar-refractivity contribution < 1.29 is 19.4 Å². The van der Waals surface area contributed by atoms with Gasteiger partial charge in [-0.05, 0) is 0 Å². The Morgan fingerprint density at radius 2 is 2.13 bits per heavy atom. The van der Waals surface area contributed by atoms with E-state index in [2.05, 4.69) is 10.6 Å². The standard InChI is InChI=1S/C9H20N2O4/c1-14-4-3-10-6-9(13)11-5-8(12)7-15-2/h8,10,12H,3-7H2,1-2H3,(H,11,13). The van der Waals surface area contributed by atoms with Crippen LogP contribution in [0.25, 0.3) is 0 Å². The van der Waals surface area contributed by atoms with Crippen molar-refractivity contribution in [3.63, 3.8) is 0 Å². The fourth-order valence-electron chi connectivity index (χ4n) is 0.922. The highest BCUT2D eigenvalue weighted by Gasteiger charge is 2.05. The molecular weight excluding hydrogens is 200 g/mol. The van der Waals surface area contributed by atoms with Crippen molar-refractivity contribution in [3.05, 3.63) is 0 Å². The highest BCUT2D eigenvalue weighted by Crippen LogP contribution is 1.80. The Kier molecular flexibility index (Phi) is 9.40. The van der Waals surface area contributed by atoms with Gasteiger partial charge in [-0.3, -0.25) is 4.79 Å². The Bertz CT molecular complexity index is 166. The van der Waals surface area contributed by atoms with Crippen LogP contribution in [0.4, 0.5) is 0 Å². The molecule has 0 saturated carbocycles. The molecule has 0 bridgehead atoms. The molecule has 1 unspecified atom stereocenters. The molecule has 1 amide bonds. The second-order valence-electron chi connectivity index (χ2n) is 3.08. The smallest absolute Gasteiger partial charge is 0.234 e. The van der Waals surface area contributed by atoms with Crippen molar-refractivity contribution in [1.82, 2.24) is 10.6 Å². The number of amides is 1. The van der Waals surface area contributed by atoms with E-state index < -0.39 is 6.10 Å². The maximum atomic E-state index is 11.1. The molecule has 0 aromatic carbocycles. The molecule has 0 aromatic heterocycles. The fourth-order valence-corrected chi connectivity index (χ4v) is 0.922. The van der Waals surface area contributed by atoms with E-state index in [1.54, 1.807) is 7.11 Å². The summed E-state index contributed by atoms with van der Waals surface area (Å²) in [4.78, 5) is 11.1. The summed E-state index contributed by atoms with van der Waals surface area (Å²) in [5, 5.41) is 14.7. The third kappa shape index (κ3) is 9.61. The maximum absolute atomic E-state index is 11.1. The molecule has 0 saturated heterocycles. The number of aliphatic hydroxyl groups excluding tert-OH is 1. The Morgan fingerprint density at radius 1 is 1.40 bits per heavy atom. The van der Waals surface area contributed by atoms with Crippen LogP contribution < -0.4 is 10.6 Å². The number of methoxy groups -OCH3 is 2. The van der Waals surface area contributed by atoms with E-state index in [4.69, 9.17) is 9.47 Å². The van der Waals surface area contributed by atoms with E-state index in [9.17, 15) is 9.90 Å². The summed E-state index contributed by atoms with van der Waals surface area (Å²) in [6.45, 7) is 1.85. The second kappa shape index (κ2) is 9.85. The molecule has 3 N–H and O–H groups in total. The van der Waals surface area contributed by atoms with Crippen LogP contribution in [0.5, 0.6) is 0 Å². The third-order valence-electron chi connectivity index (χ3n) is 1.66. The molecule has 0 aliphatic heterocycles. The molecule has 0 spiro atoms. The minimum absolute atomic E-state index is 0.152. The van der Waals surface area contributed by atoms with Crippen molar-refractivity contribution in [2.45, 2.75) is 6.10 Å². The maximum Gasteiger partial charge on any atom is 0.234 e. The summed E-state index contributed by atoms with van der Waals surface area (Å²) >= 11 is 0. The van der Waals surface area contributed by atoms with Gasteiger partial charge in [0.15, 0.2) is 0 Å². The van der Waals surface area contributed by atoms with Crippen LogP contribution >= 0.6 is 0 Å². The minimum Gasteiger partial charge on any atom is -0.389 e. The van der Waals surface area contributed by atoms with Crippen LogP contribution in [-0.4, -0.2) is 64.2 Å². The molecule has 15 heavy (non-hydrogen) atoms. The van der Waals surface area contributed by atoms with E-state index in [1.165, 1.54) is 7.11 Å². The zero-order chi connectivity index (χ0) is 11.5. The number of hydrogen-bond donors (Lipinski definition) is 3. The van der Waals surface area contributed by atoms with Gasteiger partial charge in [0, 0.05) is 27.3 Å². The van der Waals surface area contributed by atoms with Gasteiger partial charge in [0.1, 0.15) is 0 Å². The highest BCUT2D eigenvalue weighted by molar-refractivity contribution is 5.77. The largest absolute Gasteiger partial charge is 0.389 e. The van der Waals surface area contributed by atoms with Crippen LogP contribution in [0.1, 0.15) is 0 Å². The number of nitrogens with one attached hydrogen (secondary N) is 2. The zero-order valence-corrected chi connectivity index (χ0v) is 9.28. The molecule has 0 fully saturated rings. The van der Waals surface area contributed by atoms with Crippen molar-refractivity contribution >= 4 is 5.91 Å². The van der Waals surface area contributed by atoms with Crippen LogP contribution in [0, 0.1) is 0 Å². The van der Waals surface area contributed by atoms with E-state index >= 15 is 0 Å². The van der Waals surface area contributed by atoms with Crippen molar-refractivity contribution in [2.24, 2.45) is 0 Å². The average molecular weight is 220 g/mol.